The van der Waals surface area contributed by atoms with Gasteiger partial charge in [0.25, 0.3) is 0 Å². The maximum Gasteiger partial charge on any atom is 0.233 e. The van der Waals surface area contributed by atoms with E-state index in [1.165, 1.54) is 25.7 Å². The van der Waals surface area contributed by atoms with Crippen molar-refractivity contribution in [2.45, 2.75) is 45.4 Å². The lowest BCUT2D eigenvalue weighted by Gasteiger charge is -2.14. The average Bonchev–Trinajstić information content (AvgIpc) is 3.19. The molecule has 2 rings (SSSR count). The fourth-order valence-corrected chi connectivity index (χ4v) is 2.65. The van der Waals surface area contributed by atoms with Crippen LogP contribution >= 0.6 is 0 Å². The van der Waals surface area contributed by atoms with Gasteiger partial charge in [0, 0.05) is 11.6 Å². The Bertz CT molecular complexity index is 548. The first-order chi connectivity index (χ1) is 11.2. The lowest BCUT2D eigenvalue weighted by atomic mass is 10.1. The average molecular weight is 315 g/mol. The van der Waals surface area contributed by atoms with E-state index in [9.17, 15) is 0 Å². The van der Waals surface area contributed by atoms with Crippen LogP contribution in [0.4, 0.5) is 5.95 Å². The molecule has 0 bridgehead atoms. The van der Waals surface area contributed by atoms with E-state index in [1.807, 2.05) is 26.0 Å². The Kier molecular flexibility index (Phi) is 8.68. The first kappa shape index (κ1) is 18.9. The molecule has 0 aliphatic heterocycles. The highest BCUT2D eigenvalue weighted by Crippen LogP contribution is 2.35. The number of nitrogens with zero attached hydrogens (tertiary/aromatic N) is 3. The maximum atomic E-state index is 4.85. The van der Waals surface area contributed by atoms with E-state index >= 15 is 0 Å². The molecule has 1 aromatic rings. The van der Waals surface area contributed by atoms with Crippen molar-refractivity contribution in [2.24, 2.45) is 5.73 Å². The van der Waals surface area contributed by atoms with E-state index in [1.54, 1.807) is 12.3 Å². The zero-order chi connectivity index (χ0) is 17.1. The smallest absolute Gasteiger partial charge is 0.233 e. The predicted molar refractivity (Wildman–Crippen MR) is 99.1 cm³/mol. The molecule has 23 heavy (non-hydrogen) atoms. The monoisotopic (exact) mass is 315 g/mol. The van der Waals surface area contributed by atoms with E-state index in [0.717, 1.165) is 18.1 Å². The Hall–Kier alpha value is -2.14. The van der Waals surface area contributed by atoms with E-state index in [-0.39, 0.29) is 0 Å². The van der Waals surface area contributed by atoms with Gasteiger partial charge in [-0.2, -0.15) is 0 Å². The highest BCUT2D eigenvalue weighted by Gasteiger charge is 2.25. The molecule has 0 atom stereocenters. The van der Waals surface area contributed by atoms with Crippen LogP contribution in [0.5, 0.6) is 0 Å². The molecule has 1 aliphatic carbocycles. The maximum absolute atomic E-state index is 4.85. The first-order valence-corrected chi connectivity index (χ1v) is 8.22. The predicted octanol–water partition coefficient (Wildman–Crippen LogP) is 4.06. The summed E-state index contributed by atoms with van der Waals surface area (Å²) < 4.78 is 2.08. The minimum atomic E-state index is 0.495. The largest absolute Gasteiger partial charge is 0.331 e. The molecular formula is C18H29N5. The summed E-state index contributed by atoms with van der Waals surface area (Å²) in [5.41, 5.74) is 5.89. The first-order valence-electron chi connectivity index (χ1n) is 8.22. The molecule has 1 aromatic heterocycles. The molecule has 1 fully saturated rings. The van der Waals surface area contributed by atoms with Crippen LogP contribution in [0, 0.1) is 0 Å². The second kappa shape index (κ2) is 10.6. The molecule has 1 heterocycles. The fourth-order valence-electron chi connectivity index (χ4n) is 2.65. The van der Waals surface area contributed by atoms with Gasteiger partial charge >= 0.3 is 0 Å². The van der Waals surface area contributed by atoms with Gasteiger partial charge < -0.3 is 11.1 Å². The molecule has 5 heteroatoms. The van der Waals surface area contributed by atoms with Crippen molar-refractivity contribution in [2.75, 3.05) is 11.9 Å². The minimum Gasteiger partial charge on any atom is -0.331 e. The Morgan fingerprint density at radius 3 is 2.52 bits per heavy atom. The van der Waals surface area contributed by atoms with Crippen LogP contribution in [0.25, 0.3) is 5.70 Å². The summed E-state index contributed by atoms with van der Waals surface area (Å²) in [6.45, 7) is 12.1. The second-order valence-corrected chi connectivity index (χ2v) is 5.26. The van der Waals surface area contributed by atoms with Gasteiger partial charge in [-0.15, -0.1) is 10.2 Å². The molecule has 0 amide bonds. The van der Waals surface area contributed by atoms with Crippen molar-refractivity contribution < 1.29 is 0 Å². The molecule has 0 spiro atoms. The molecule has 126 valence electrons. The minimum absolute atomic E-state index is 0.495. The summed E-state index contributed by atoms with van der Waals surface area (Å²) >= 11 is 0. The number of hydrogen-bond donors (Lipinski definition) is 2. The number of hydrogen-bond acceptors (Lipinski definition) is 4. The van der Waals surface area contributed by atoms with E-state index in [2.05, 4.69) is 39.3 Å². The Balaban J connectivity index is 0.000000816. The third-order valence-corrected chi connectivity index (χ3v) is 3.60. The number of anilines is 1. The molecule has 1 saturated carbocycles. The highest BCUT2D eigenvalue weighted by atomic mass is 15.4. The molecule has 0 saturated heterocycles. The molecule has 0 unspecified atom stereocenters. The van der Waals surface area contributed by atoms with Crippen molar-refractivity contribution in [1.82, 2.24) is 14.8 Å². The zero-order valence-electron chi connectivity index (χ0n) is 14.3. The van der Waals surface area contributed by atoms with Crippen molar-refractivity contribution >= 4 is 11.6 Å². The van der Waals surface area contributed by atoms with Gasteiger partial charge in [-0.1, -0.05) is 51.2 Å². The van der Waals surface area contributed by atoms with Crippen molar-refractivity contribution in [3.05, 3.63) is 49.5 Å². The Morgan fingerprint density at radius 1 is 1.35 bits per heavy atom. The number of rotatable bonds is 6. The van der Waals surface area contributed by atoms with Crippen LogP contribution in [0.1, 0.15) is 51.3 Å². The lowest BCUT2D eigenvalue weighted by Crippen LogP contribution is -2.08. The SMILES string of the molecule is C=C/C=C\C(=C/C)n1c(NC=C)nnc1C1CCCC1.CCN. The number of aromatic nitrogens is 3. The van der Waals surface area contributed by atoms with E-state index < -0.39 is 0 Å². The molecule has 0 aromatic carbocycles. The fraction of sp³-hybridized carbons (Fsp3) is 0.444. The van der Waals surface area contributed by atoms with Gasteiger partial charge in [0.2, 0.25) is 5.95 Å². The quantitative estimate of drug-likeness (QED) is 0.777. The summed E-state index contributed by atoms with van der Waals surface area (Å²) in [5.74, 6) is 2.24. The standard InChI is InChI=1S/C16H22N4.C2H7N/c1-4-7-12-14(5-2)20-15(13-10-8-9-11-13)18-19-16(20)17-6-3;1-2-3/h4-7,12-13H,1,3,8-11H2,2H3,(H,17,19);2-3H2,1H3/b12-7-,14-5+;. The summed E-state index contributed by atoms with van der Waals surface area (Å²) in [6, 6.07) is 0. The van der Waals surface area contributed by atoms with Gasteiger partial charge in [-0.25, -0.2) is 0 Å². The van der Waals surface area contributed by atoms with Crippen molar-refractivity contribution in [1.29, 1.82) is 0 Å². The normalized spacial score (nSPS) is 15.3. The van der Waals surface area contributed by atoms with Gasteiger partial charge in [-0.3, -0.25) is 4.57 Å². The summed E-state index contributed by atoms with van der Waals surface area (Å²) in [4.78, 5) is 0. The number of nitrogens with one attached hydrogen (secondary N) is 1. The third kappa shape index (κ3) is 5.21. The van der Waals surface area contributed by atoms with Crippen molar-refractivity contribution in [3.63, 3.8) is 0 Å². The van der Waals surface area contributed by atoms with E-state index in [4.69, 9.17) is 5.73 Å². The van der Waals surface area contributed by atoms with Gasteiger partial charge in [0.05, 0.1) is 0 Å². The van der Waals surface area contributed by atoms with Crippen LogP contribution < -0.4 is 11.1 Å². The summed E-state index contributed by atoms with van der Waals surface area (Å²) in [7, 11) is 0. The molecule has 3 N–H and O–H groups in total. The van der Waals surface area contributed by atoms with Crippen molar-refractivity contribution in [3.8, 4) is 0 Å². The number of allylic oxidation sites excluding steroid dienone is 5. The third-order valence-electron chi connectivity index (χ3n) is 3.60. The van der Waals surface area contributed by atoms with Crippen LogP contribution in [0.2, 0.25) is 0 Å². The van der Waals surface area contributed by atoms with Gasteiger partial charge in [0.1, 0.15) is 5.82 Å². The molecule has 1 aliphatic rings. The highest BCUT2D eigenvalue weighted by molar-refractivity contribution is 5.62. The van der Waals surface area contributed by atoms with E-state index in [0.29, 0.717) is 11.9 Å². The van der Waals surface area contributed by atoms with Gasteiger partial charge in [-0.05, 0) is 38.6 Å². The molecule has 5 nitrogen and oxygen atoms in total. The Morgan fingerprint density at radius 2 is 2.00 bits per heavy atom. The lowest BCUT2D eigenvalue weighted by molar-refractivity contribution is 0.654. The van der Waals surface area contributed by atoms with Crippen LogP contribution in [-0.2, 0) is 0 Å². The van der Waals surface area contributed by atoms with Gasteiger partial charge in [0.15, 0.2) is 0 Å². The summed E-state index contributed by atoms with van der Waals surface area (Å²) in [6.07, 6.45) is 14.3. The molecule has 0 radical (unpaired) electrons. The zero-order valence-corrected chi connectivity index (χ0v) is 14.3. The topological polar surface area (TPSA) is 68.8 Å². The molecular weight excluding hydrogens is 286 g/mol. The van der Waals surface area contributed by atoms with Crippen LogP contribution in [0.15, 0.2) is 43.7 Å². The van der Waals surface area contributed by atoms with Crippen LogP contribution in [-0.4, -0.2) is 21.3 Å². The Labute approximate surface area is 139 Å². The summed E-state index contributed by atoms with van der Waals surface area (Å²) in [5, 5.41) is 11.7. The van der Waals surface area contributed by atoms with Crippen LogP contribution in [0.3, 0.4) is 0 Å². The number of nitrogens with two attached hydrogens (primary N) is 1. The second-order valence-electron chi connectivity index (χ2n) is 5.26.